The Balaban J connectivity index is 1.77. The number of aliphatic carboxylic acids is 1. The highest BCUT2D eigenvalue weighted by atomic mass is 16.4. The zero-order valence-electron chi connectivity index (χ0n) is 11.0. The van der Waals surface area contributed by atoms with Gasteiger partial charge in [-0.2, -0.15) is 0 Å². The molecule has 1 saturated heterocycles. The van der Waals surface area contributed by atoms with E-state index < -0.39 is 11.4 Å². The molecule has 0 atom stereocenters. The molecule has 1 aliphatic carbocycles. The Morgan fingerprint density at radius 3 is 2.63 bits per heavy atom. The van der Waals surface area contributed by atoms with E-state index in [0.29, 0.717) is 25.8 Å². The number of carboxylic acid groups (broad SMARTS) is 1. The predicted molar refractivity (Wildman–Crippen MR) is 67.4 cm³/mol. The van der Waals surface area contributed by atoms with E-state index in [0.717, 1.165) is 19.3 Å². The van der Waals surface area contributed by atoms with Gasteiger partial charge in [0.05, 0.1) is 12.0 Å². The van der Waals surface area contributed by atoms with E-state index in [-0.39, 0.29) is 24.9 Å². The molecular weight excluding hydrogens is 248 g/mol. The highest BCUT2D eigenvalue weighted by Crippen LogP contribution is 2.45. The van der Waals surface area contributed by atoms with Crippen LogP contribution in [0.5, 0.6) is 0 Å². The molecule has 0 unspecified atom stereocenters. The van der Waals surface area contributed by atoms with E-state index in [1.165, 1.54) is 0 Å². The van der Waals surface area contributed by atoms with E-state index in [2.05, 4.69) is 5.32 Å². The summed E-state index contributed by atoms with van der Waals surface area (Å²) in [4.78, 5) is 36.0. The van der Waals surface area contributed by atoms with Gasteiger partial charge in [0.1, 0.15) is 0 Å². The van der Waals surface area contributed by atoms with Gasteiger partial charge in [0.15, 0.2) is 0 Å². The third-order valence-corrected chi connectivity index (χ3v) is 3.94. The summed E-state index contributed by atoms with van der Waals surface area (Å²) in [5.74, 6) is -1.09. The van der Waals surface area contributed by atoms with Crippen LogP contribution in [0.3, 0.4) is 0 Å². The van der Waals surface area contributed by atoms with E-state index in [4.69, 9.17) is 5.11 Å². The van der Waals surface area contributed by atoms with Gasteiger partial charge < -0.3 is 15.3 Å². The lowest BCUT2D eigenvalue weighted by molar-refractivity contribution is -0.143. The number of carbonyl (C=O) groups excluding carboxylic acids is 2. The summed E-state index contributed by atoms with van der Waals surface area (Å²) in [6.07, 6.45) is 4.58. The monoisotopic (exact) mass is 268 g/mol. The van der Waals surface area contributed by atoms with Crippen LogP contribution in [0.15, 0.2) is 0 Å². The molecule has 106 valence electrons. The maximum Gasteiger partial charge on any atom is 0.311 e. The summed E-state index contributed by atoms with van der Waals surface area (Å²) in [5, 5.41) is 11.6. The van der Waals surface area contributed by atoms with Gasteiger partial charge in [-0.3, -0.25) is 14.4 Å². The summed E-state index contributed by atoms with van der Waals surface area (Å²) in [6, 6.07) is 0. The Morgan fingerprint density at radius 2 is 2.00 bits per heavy atom. The van der Waals surface area contributed by atoms with Gasteiger partial charge in [-0.15, -0.1) is 0 Å². The Labute approximate surface area is 112 Å². The first-order chi connectivity index (χ1) is 9.03. The second-order valence-corrected chi connectivity index (χ2v) is 5.49. The number of carbonyl (C=O) groups is 3. The Bertz CT molecular complexity index is 390. The third kappa shape index (κ3) is 3.45. The molecular formula is C13H20N2O4. The molecule has 19 heavy (non-hydrogen) atoms. The second-order valence-electron chi connectivity index (χ2n) is 5.49. The largest absolute Gasteiger partial charge is 0.481 e. The van der Waals surface area contributed by atoms with Crippen molar-refractivity contribution in [1.29, 1.82) is 0 Å². The maximum atomic E-state index is 11.8. The summed E-state index contributed by atoms with van der Waals surface area (Å²) in [6.45, 7) is 0.841. The first-order valence-electron chi connectivity index (χ1n) is 6.81. The first kappa shape index (κ1) is 13.8. The minimum absolute atomic E-state index is 0.0204. The number of hydrogen-bond donors (Lipinski definition) is 2. The summed E-state index contributed by atoms with van der Waals surface area (Å²) in [7, 11) is 0. The second kappa shape index (κ2) is 5.59. The molecule has 0 aromatic heterocycles. The molecule has 1 saturated carbocycles. The van der Waals surface area contributed by atoms with Crippen molar-refractivity contribution in [2.75, 3.05) is 19.6 Å². The lowest BCUT2D eigenvalue weighted by Crippen LogP contribution is -2.43. The molecule has 6 heteroatoms. The Hall–Kier alpha value is -1.59. The SMILES string of the molecule is O=C(CN1CCCCCC1=O)NCC1(C(=O)O)CC1. The first-order valence-corrected chi connectivity index (χ1v) is 6.81. The number of nitrogens with one attached hydrogen (secondary N) is 1. The molecule has 1 heterocycles. The molecule has 2 aliphatic rings. The van der Waals surface area contributed by atoms with E-state index in [1.807, 2.05) is 0 Å². The van der Waals surface area contributed by atoms with E-state index in [9.17, 15) is 14.4 Å². The van der Waals surface area contributed by atoms with Crippen LogP contribution in [0.25, 0.3) is 0 Å². The third-order valence-electron chi connectivity index (χ3n) is 3.94. The van der Waals surface area contributed by atoms with Crippen LogP contribution in [0.2, 0.25) is 0 Å². The molecule has 0 radical (unpaired) electrons. The number of hydrogen-bond acceptors (Lipinski definition) is 3. The van der Waals surface area contributed by atoms with Gasteiger partial charge in [-0.25, -0.2) is 0 Å². The number of likely N-dealkylation sites (tertiary alicyclic amines) is 1. The van der Waals surface area contributed by atoms with Crippen LogP contribution in [0.1, 0.15) is 38.5 Å². The smallest absolute Gasteiger partial charge is 0.311 e. The molecule has 2 amide bonds. The normalized spacial score (nSPS) is 21.7. The fourth-order valence-corrected chi connectivity index (χ4v) is 2.32. The minimum atomic E-state index is -0.848. The molecule has 6 nitrogen and oxygen atoms in total. The fourth-order valence-electron chi connectivity index (χ4n) is 2.32. The van der Waals surface area contributed by atoms with Crippen molar-refractivity contribution in [3.8, 4) is 0 Å². The zero-order valence-corrected chi connectivity index (χ0v) is 11.0. The van der Waals surface area contributed by atoms with Gasteiger partial charge in [-0.05, 0) is 25.7 Å². The van der Waals surface area contributed by atoms with Gasteiger partial charge in [0.25, 0.3) is 0 Å². The predicted octanol–water partition coefficient (Wildman–Crippen LogP) is 0.370. The summed E-state index contributed by atoms with van der Waals surface area (Å²) in [5.41, 5.74) is -0.752. The van der Waals surface area contributed by atoms with Crippen molar-refractivity contribution < 1.29 is 19.5 Å². The summed E-state index contributed by atoms with van der Waals surface area (Å²) >= 11 is 0. The number of rotatable bonds is 5. The topological polar surface area (TPSA) is 86.7 Å². The van der Waals surface area contributed by atoms with Crippen molar-refractivity contribution >= 4 is 17.8 Å². The van der Waals surface area contributed by atoms with Gasteiger partial charge in [0.2, 0.25) is 11.8 Å². The number of amides is 2. The van der Waals surface area contributed by atoms with Gasteiger partial charge >= 0.3 is 5.97 Å². The van der Waals surface area contributed by atoms with Crippen molar-refractivity contribution in [3.63, 3.8) is 0 Å². The molecule has 0 bridgehead atoms. The molecule has 0 spiro atoms. The standard InChI is InChI=1S/C13H20N2O4/c16-10(14-9-13(5-6-13)12(18)19)8-15-7-3-1-2-4-11(15)17/h1-9H2,(H,14,16)(H,18,19). The van der Waals surface area contributed by atoms with E-state index >= 15 is 0 Å². The summed E-state index contributed by atoms with van der Waals surface area (Å²) < 4.78 is 0. The average molecular weight is 268 g/mol. The lowest BCUT2D eigenvalue weighted by atomic mass is 10.1. The highest BCUT2D eigenvalue weighted by Gasteiger charge is 2.50. The van der Waals surface area contributed by atoms with Crippen LogP contribution < -0.4 is 5.32 Å². The lowest BCUT2D eigenvalue weighted by Gasteiger charge is -2.20. The highest BCUT2D eigenvalue weighted by molar-refractivity contribution is 5.85. The van der Waals surface area contributed by atoms with Crippen LogP contribution in [-0.2, 0) is 14.4 Å². The van der Waals surface area contributed by atoms with Crippen LogP contribution in [0, 0.1) is 5.41 Å². The van der Waals surface area contributed by atoms with Crippen molar-refractivity contribution in [3.05, 3.63) is 0 Å². The van der Waals surface area contributed by atoms with Crippen LogP contribution >= 0.6 is 0 Å². The maximum absolute atomic E-state index is 11.8. The van der Waals surface area contributed by atoms with E-state index in [1.54, 1.807) is 4.90 Å². The fraction of sp³-hybridized carbons (Fsp3) is 0.769. The Kier molecular flexibility index (Phi) is 4.07. The van der Waals surface area contributed by atoms with Gasteiger partial charge in [-0.1, -0.05) is 6.42 Å². The molecule has 1 aliphatic heterocycles. The molecule has 0 aromatic rings. The average Bonchev–Trinajstić information content (AvgIpc) is 3.15. The molecule has 2 N–H and O–H groups in total. The zero-order chi connectivity index (χ0) is 13.9. The minimum Gasteiger partial charge on any atom is -0.481 e. The van der Waals surface area contributed by atoms with Crippen LogP contribution in [0.4, 0.5) is 0 Å². The van der Waals surface area contributed by atoms with Crippen molar-refractivity contribution in [2.45, 2.75) is 38.5 Å². The number of nitrogens with zero attached hydrogens (tertiary/aromatic N) is 1. The van der Waals surface area contributed by atoms with Crippen LogP contribution in [-0.4, -0.2) is 47.4 Å². The van der Waals surface area contributed by atoms with Gasteiger partial charge in [0, 0.05) is 19.5 Å². The Morgan fingerprint density at radius 1 is 1.26 bits per heavy atom. The quantitative estimate of drug-likeness (QED) is 0.754. The molecule has 2 fully saturated rings. The van der Waals surface area contributed by atoms with Crippen molar-refractivity contribution in [1.82, 2.24) is 10.2 Å². The molecule has 0 aromatic carbocycles. The number of carboxylic acids is 1. The molecule has 2 rings (SSSR count). The van der Waals surface area contributed by atoms with Crippen molar-refractivity contribution in [2.24, 2.45) is 5.41 Å².